The van der Waals surface area contributed by atoms with Crippen molar-refractivity contribution in [2.24, 2.45) is 0 Å². The van der Waals surface area contributed by atoms with Crippen LogP contribution in [0.2, 0.25) is 0 Å². The van der Waals surface area contributed by atoms with Gasteiger partial charge in [0.15, 0.2) is 0 Å². The van der Waals surface area contributed by atoms with Crippen molar-refractivity contribution in [2.45, 2.75) is 4.45 Å². The van der Waals surface area contributed by atoms with E-state index in [4.69, 9.17) is 0 Å². The fourth-order valence-corrected chi connectivity index (χ4v) is 2.87. The molecule has 86 valence electrons. The van der Waals surface area contributed by atoms with Crippen LogP contribution in [0.4, 0.5) is 0 Å². The lowest BCUT2D eigenvalue weighted by molar-refractivity contribution is 0.700. The summed E-state index contributed by atoms with van der Waals surface area (Å²) in [4.78, 5) is 3.23. The predicted octanol–water partition coefficient (Wildman–Crippen LogP) is 4.11. The predicted molar refractivity (Wildman–Crippen MR) is 78.2 cm³/mol. The van der Waals surface area contributed by atoms with Crippen LogP contribution in [0.1, 0.15) is 5.56 Å². The smallest absolute Gasteiger partial charge is 0.138 e. The number of H-pyrrole nitrogens is 1. The van der Waals surface area contributed by atoms with Crippen LogP contribution in [0, 0.1) is 0 Å². The Morgan fingerprint density at radius 3 is 2.82 bits per heavy atom. The third kappa shape index (κ3) is 1.85. The average Bonchev–Trinajstić information content (AvgIpc) is 2.81. The van der Waals surface area contributed by atoms with Gasteiger partial charge in [0.2, 0.25) is 0 Å². The molecule has 0 saturated heterocycles. The van der Waals surface area contributed by atoms with Gasteiger partial charge in [-0.05, 0) is 40.2 Å². The molecular formula is C13H10Br2N2. The number of dihydropyridines is 1. The first-order valence-electron chi connectivity index (χ1n) is 5.27. The highest BCUT2D eigenvalue weighted by Gasteiger charge is 2.28. The van der Waals surface area contributed by atoms with Crippen LogP contribution in [0.25, 0.3) is 10.9 Å². The van der Waals surface area contributed by atoms with Crippen molar-refractivity contribution in [2.75, 3.05) is 0 Å². The Balaban J connectivity index is 2.16. The summed E-state index contributed by atoms with van der Waals surface area (Å²) < 4.78 is 0.695. The third-order valence-corrected chi connectivity index (χ3v) is 4.29. The van der Waals surface area contributed by atoms with Crippen molar-refractivity contribution in [3.8, 4) is 0 Å². The van der Waals surface area contributed by atoms with Gasteiger partial charge in [-0.3, -0.25) is 0 Å². The number of nitrogens with one attached hydrogen (secondary N) is 2. The molecule has 1 aromatic carbocycles. The first-order valence-corrected chi connectivity index (χ1v) is 6.86. The first-order chi connectivity index (χ1) is 8.19. The Bertz CT molecular complexity index is 627. The first kappa shape index (κ1) is 11.1. The second-order valence-electron chi connectivity index (χ2n) is 3.96. The third-order valence-electron chi connectivity index (χ3n) is 2.88. The molecule has 4 heteroatoms. The van der Waals surface area contributed by atoms with E-state index in [2.05, 4.69) is 72.5 Å². The minimum absolute atomic E-state index is 0.341. The lowest BCUT2D eigenvalue weighted by Gasteiger charge is -2.28. The Kier molecular flexibility index (Phi) is 2.64. The van der Waals surface area contributed by atoms with Gasteiger partial charge < -0.3 is 10.3 Å². The molecule has 0 radical (unpaired) electrons. The number of alkyl halides is 1. The van der Waals surface area contributed by atoms with E-state index in [0.29, 0.717) is 0 Å². The molecule has 0 saturated carbocycles. The molecule has 1 aromatic heterocycles. The Hall–Kier alpha value is -1.00. The summed E-state index contributed by atoms with van der Waals surface area (Å²) in [7, 11) is 0. The quantitative estimate of drug-likeness (QED) is 0.586. The molecule has 0 aliphatic carbocycles. The molecule has 2 aromatic rings. The van der Waals surface area contributed by atoms with E-state index in [1.54, 1.807) is 0 Å². The van der Waals surface area contributed by atoms with Gasteiger partial charge in [-0.1, -0.05) is 28.1 Å². The Morgan fingerprint density at radius 1 is 1.18 bits per heavy atom. The van der Waals surface area contributed by atoms with Crippen LogP contribution in [0.5, 0.6) is 0 Å². The second kappa shape index (κ2) is 4.03. The Morgan fingerprint density at radius 2 is 2.06 bits per heavy atom. The molecule has 1 atom stereocenters. The number of allylic oxidation sites excluding steroid dienone is 2. The topological polar surface area (TPSA) is 27.8 Å². The fourth-order valence-electron chi connectivity index (χ4n) is 2.03. The van der Waals surface area contributed by atoms with Crippen LogP contribution < -0.4 is 5.32 Å². The number of halogens is 2. The number of aromatic amines is 1. The van der Waals surface area contributed by atoms with E-state index in [9.17, 15) is 0 Å². The van der Waals surface area contributed by atoms with Gasteiger partial charge >= 0.3 is 0 Å². The summed E-state index contributed by atoms with van der Waals surface area (Å²) in [5, 5.41) is 4.57. The van der Waals surface area contributed by atoms with Crippen molar-refractivity contribution in [1.29, 1.82) is 0 Å². The molecule has 0 fully saturated rings. The minimum Gasteiger partial charge on any atom is -0.368 e. The molecule has 1 aliphatic heterocycles. The van der Waals surface area contributed by atoms with Gasteiger partial charge in [0.05, 0.1) is 0 Å². The Labute approximate surface area is 116 Å². The molecule has 0 amide bonds. The molecule has 2 N–H and O–H groups in total. The number of benzene rings is 1. The highest BCUT2D eigenvalue weighted by Crippen LogP contribution is 2.37. The van der Waals surface area contributed by atoms with Crippen LogP contribution in [0.15, 0.2) is 53.3 Å². The van der Waals surface area contributed by atoms with E-state index < -0.39 is 0 Å². The summed E-state index contributed by atoms with van der Waals surface area (Å²) >= 11 is 7.20. The summed E-state index contributed by atoms with van der Waals surface area (Å²) in [5.74, 6) is 0. The summed E-state index contributed by atoms with van der Waals surface area (Å²) in [6.07, 6.45) is 8.04. The van der Waals surface area contributed by atoms with Gasteiger partial charge in [0.25, 0.3) is 0 Å². The molecular weight excluding hydrogens is 344 g/mol. The minimum atomic E-state index is -0.341. The van der Waals surface area contributed by atoms with E-state index >= 15 is 0 Å². The molecule has 17 heavy (non-hydrogen) atoms. The maximum Gasteiger partial charge on any atom is 0.138 e. The normalized spacial score (nSPS) is 23.5. The van der Waals surface area contributed by atoms with Crippen LogP contribution in [0.3, 0.4) is 0 Å². The average molecular weight is 354 g/mol. The van der Waals surface area contributed by atoms with Gasteiger partial charge in [0, 0.05) is 33.3 Å². The van der Waals surface area contributed by atoms with Gasteiger partial charge in [-0.25, -0.2) is 0 Å². The number of fused-ring (bicyclic) bond motifs is 1. The van der Waals surface area contributed by atoms with E-state index in [-0.39, 0.29) is 4.45 Å². The van der Waals surface area contributed by atoms with E-state index in [0.717, 1.165) is 10.00 Å². The molecule has 2 heterocycles. The number of rotatable bonds is 1. The molecule has 1 aliphatic rings. The number of hydrogen-bond donors (Lipinski definition) is 2. The molecule has 2 nitrogen and oxygen atoms in total. The zero-order valence-electron chi connectivity index (χ0n) is 8.87. The van der Waals surface area contributed by atoms with Gasteiger partial charge in [-0.15, -0.1) is 0 Å². The van der Waals surface area contributed by atoms with Crippen molar-refractivity contribution < 1.29 is 0 Å². The van der Waals surface area contributed by atoms with Crippen LogP contribution >= 0.6 is 31.9 Å². The van der Waals surface area contributed by atoms with E-state index in [1.807, 2.05) is 18.5 Å². The molecule has 0 spiro atoms. The molecule has 1 unspecified atom stereocenters. The summed E-state index contributed by atoms with van der Waals surface area (Å²) in [6, 6.07) is 8.35. The van der Waals surface area contributed by atoms with Gasteiger partial charge in [0.1, 0.15) is 4.45 Å². The molecule has 3 rings (SSSR count). The monoisotopic (exact) mass is 352 g/mol. The number of aromatic nitrogens is 1. The zero-order valence-corrected chi connectivity index (χ0v) is 12.0. The van der Waals surface area contributed by atoms with Gasteiger partial charge in [-0.2, -0.15) is 0 Å². The standard InChI is InChI=1S/C13H10Br2N2/c14-9-4-6-13(15,17-8-9)11-2-1-3-12-10(11)5-7-16-12/h1-8,16-17H. The van der Waals surface area contributed by atoms with Crippen molar-refractivity contribution in [3.63, 3.8) is 0 Å². The fraction of sp³-hybridized carbons (Fsp3) is 0.0769. The number of hydrogen-bond acceptors (Lipinski definition) is 1. The maximum atomic E-state index is 3.76. The van der Waals surface area contributed by atoms with Crippen LogP contribution in [-0.2, 0) is 4.45 Å². The lowest BCUT2D eigenvalue weighted by Crippen LogP contribution is -2.32. The SMILES string of the molecule is BrC1=CNC(Br)(c2cccc3[nH]ccc23)C=C1. The van der Waals surface area contributed by atoms with Crippen molar-refractivity contribution >= 4 is 42.8 Å². The zero-order chi connectivity index (χ0) is 11.9. The summed E-state index contributed by atoms with van der Waals surface area (Å²) in [5.41, 5.74) is 2.34. The van der Waals surface area contributed by atoms with Crippen molar-refractivity contribution in [1.82, 2.24) is 10.3 Å². The van der Waals surface area contributed by atoms with Crippen LogP contribution in [-0.4, -0.2) is 4.98 Å². The van der Waals surface area contributed by atoms with Crippen molar-refractivity contribution in [3.05, 3.63) is 58.9 Å². The maximum absolute atomic E-state index is 3.76. The lowest BCUT2D eigenvalue weighted by atomic mass is 10.0. The highest BCUT2D eigenvalue weighted by molar-refractivity contribution is 9.12. The summed E-state index contributed by atoms with van der Waals surface area (Å²) in [6.45, 7) is 0. The van der Waals surface area contributed by atoms with E-state index in [1.165, 1.54) is 10.9 Å². The molecule has 0 bridgehead atoms. The highest BCUT2D eigenvalue weighted by atomic mass is 79.9. The second-order valence-corrected chi connectivity index (χ2v) is 6.13. The largest absolute Gasteiger partial charge is 0.368 e.